The van der Waals surface area contributed by atoms with Gasteiger partial charge in [0.25, 0.3) is 0 Å². The summed E-state index contributed by atoms with van der Waals surface area (Å²) in [5.74, 6) is 4.01. The van der Waals surface area contributed by atoms with E-state index in [1.165, 1.54) is 63.9 Å². The number of carboxylic acid groups (broad SMARTS) is 1. The van der Waals surface area contributed by atoms with Gasteiger partial charge in [0.1, 0.15) is 12.1 Å². The van der Waals surface area contributed by atoms with Gasteiger partial charge in [0.05, 0.1) is 0 Å². The third-order valence-corrected chi connectivity index (χ3v) is 12.3. The number of esters is 1. The Morgan fingerprint density at radius 1 is 1.05 bits per heavy atom. The van der Waals surface area contributed by atoms with Crippen LogP contribution in [0.25, 0.3) is 0 Å². The second kappa shape index (κ2) is 14.8. The van der Waals surface area contributed by atoms with E-state index in [0.717, 1.165) is 53.9 Å². The fourth-order valence-corrected chi connectivity index (χ4v) is 9.92. The normalized spacial score (nSPS) is 33.8. The number of carbonyl (C=O) groups excluding carboxylic acids is 1. The second-order valence-electron chi connectivity index (χ2n) is 15.4. The molecule has 1 aromatic carbocycles. The van der Waals surface area contributed by atoms with Crippen LogP contribution in [-0.4, -0.2) is 29.2 Å². The minimum Gasteiger partial charge on any atom is -0.480 e. The van der Waals surface area contributed by atoms with Crippen molar-refractivity contribution in [2.75, 3.05) is 0 Å². The Labute approximate surface area is 267 Å². The molecule has 4 aliphatic rings. The molecule has 0 radical (unpaired) electrons. The minimum absolute atomic E-state index is 0.0489. The average Bonchev–Trinajstić information content (AvgIpc) is 3.35. The fraction of sp³-hybridized carbons (Fsp3) is 0.692. The number of hydrogen-bond donors (Lipinski definition) is 2. The number of carbonyl (C=O) groups is 2. The summed E-state index contributed by atoms with van der Waals surface area (Å²) in [6.45, 7) is 16.1. The summed E-state index contributed by atoms with van der Waals surface area (Å²) in [4.78, 5) is 22.1. The Kier molecular flexibility index (Phi) is 11.6. The summed E-state index contributed by atoms with van der Waals surface area (Å²) in [6.07, 6.45) is 18.7. The van der Waals surface area contributed by atoms with Crippen molar-refractivity contribution >= 4 is 11.9 Å². The summed E-state index contributed by atoms with van der Waals surface area (Å²) in [5, 5.41) is 8.52. The molecule has 244 valence electrons. The molecule has 0 spiro atoms. The number of aliphatic carboxylic acids is 1. The van der Waals surface area contributed by atoms with Crippen LogP contribution in [0.2, 0.25) is 0 Å². The van der Waals surface area contributed by atoms with Crippen molar-refractivity contribution in [3.8, 4) is 0 Å². The van der Waals surface area contributed by atoms with E-state index in [0.29, 0.717) is 17.3 Å². The lowest BCUT2D eigenvalue weighted by molar-refractivity contribution is -0.145. The van der Waals surface area contributed by atoms with Gasteiger partial charge in [-0.15, -0.1) is 0 Å². The van der Waals surface area contributed by atoms with E-state index in [4.69, 9.17) is 15.6 Å². The van der Waals surface area contributed by atoms with Crippen molar-refractivity contribution in [3.05, 3.63) is 60.2 Å². The van der Waals surface area contributed by atoms with Crippen LogP contribution in [0.15, 0.2) is 54.6 Å². The molecule has 5 rings (SSSR count). The highest BCUT2D eigenvalue weighted by molar-refractivity contribution is 5.81. The maximum absolute atomic E-state index is 11.7. The molecular formula is C39H59NO4. The third-order valence-electron chi connectivity index (χ3n) is 12.3. The van der Waals surface area contributed by atoms with Crippen LogP contribution in [0.3, 0.4) is 0 Å². The maximum atomic E-state index is 11.7. The predicted molar refractivity (Wildman–Crippen MR) is 179 cm³/mol. The Hall–Kier alpha value is -2.40. The summed E-state index contributed by atoms with van der Waals surface area (Å²) < 4.78 is 5.65. The van der Waals surface area contributed by atoms with E-state index in [2.05, 4.69) is 47.3 Å². The molecule has 44 heavy (non-hydrogen) atoms. The Balaban J connectivity index is 0.000000309. The van der Waals surface area contributed by atoms with Crippen molar-refractivity contribution in [3.63, 3.8) is 0 Å². The predicted octanol–water partition coefficient (Wildman–Crippen LogP) is 8.77. The van der Waals surface area contributed by atoms with Gasteiger partial charge in [-0.3, -0.25) is 4.79 Å². The first-order valence-corrected chi connectivity index (χ1v) is 17.4. The molecule has 2 unspecified atom stereocenters. The number of ether oxygens (including phenoxy) is 1. The molecule has 3 saturated carbocycles. The van der Waals surface area contributed by atoms with Crippen LogP contribution in [0, 0.1) is 46.3 Å². The first-order chi connectivity index (χ1) is 20.9. The van der Waals surface area contributed by atoms with Gasteiger partial charge < -0.3 is 15.6 Å². The zero-order valence-electron chi connectivity index (χ0n) is 28.1. The molecule has 0 saturated heterocycles. The van der Waals surface area contributed by atoms with Crippen LogP contribution in [0.4, 0.5) is 0 Å². The smallest absolute Gasteiger partial charge is 0.330 e. The van der Waals surface area contributed by atoms with Crippen LogP contribution in [0.1, 0.15) is 111 Å². The fourth-order valence-electron chi connectivity index (χ4n) is 9.92. The van der Waals surface area contributed by atoms with Gasteiger partial charge in [-0.2, -0.15) is 0 Å². The van der Waals surface area contributed by atoms with E-state index < -0.39 is 12.0 Å². The van der Waals surface area contributed by atoms with E-state index in [1.807, 2.05) is 30.3 Å². The molecule has 3 fully saturated rings. The molecule has 0 aliphatic heterocycles. The highest BCUT2D eigenvalue weighted by Crippen LogP contribution is 2.67. The van der Waals surface area contributed by atoms with Gasteiger partial charge in [0, 0.05) is 12.5 Å². The second-order valence-corrected chi connectivity index (χ2v) is 15.4. The molecule has 0 aromatic heterocycles. The zero-order chi connectivity index (χ0) is 32.1. The number of fused-ring (bicyclic) bond motifs is 5. The molecule has 9 atom stereocenters. The first-order valence-electron chi connectivity index (χ1n) is 17.4. The quantitative estimate of drug-likeness (QED) is 0.158. The number of nitrogens with two attached hydrogens (primary N) is 1. The van der Waals surface area contributed by atoms with Crippen LogP contribution >= 0.6 is 0 Å². The highest BCUT2D eigenvalue weighted by Gasteiger charge is 2.59. The topological polar surface area (TPSA) is 89.6 Å². The molecular weight excluding hydrogens is 546 g/mol. The first kappa shape index (κ1) is 34.5. The van der Waals surface area contributed by atoms with E-state index >= 15 is 0 Å². The number of allylic oxidation sites excluding steroid dienone is 1. The summed E-state index contributed by atoms with van der Waals surface area (Å²) >= 11 is 0. The Morgan fingerprint density at radius 2 is 1.77 bits per heavy atom. The molecule has 3 N–H and O–H groups in total. The van der Waals surface area contributed by atoms with Crippen molar-refractivity contribution in [1.29, 1.82) is 0 Å². The van der Waals surface area contributed by atoms with Crippen molar-refractivity contribution in [1.82, 2.24) is 0 Å². The largest absolute Gasteiger partial charge is 0.480 e. The number of benzene rings is 1. The molecule has 0 heterocycles. The van der Waals surface area contributed by atoms with E-state index in [1.54, 1.807) is 5.57 Å². The zero-order valence-corrected chi connectivity index (χ0v) is 28.1. The average molecular weight is 606 g/mol. The van der Waals surface area contributed by atoms with Gasteiger partial charge in [-0.1, -0.05) is 102 Å². The molecule has 1 aromatic rings. The molecule has 4 aliphatic carbocycles. The monoisotopic (exact) mass is 605 g/mol. The molecule has 5 heteroatoms. The number of carboxylic acids is 1. The van der Waals surface area contributed by atoms with Crippen LogP contribution in [0.5, 0.6) is 0 Å². The maximum Gasteiger partial charge on any atom is 0.330 e. The van der Waals surface area contributed by atoms with Gasteiger partial charge in [-0.05, 0) is 103 Å². The summed E-state index contributed by atoms with van der Waals surface area (Å²) in [5.41, 5.74) is 8.76. The number of hydrogen-bond acceptors (Lipinski definition) is 4. The van der Waals surface area contributed by atoms with Gasteiger partial charge in [0.15, 0.2) is 0 Å². The SMILES string of the molecule is C=CC(=O)O[C@H]1CC[C@@]2(C)C(=CC[C@H]3[C@@H]4CC[C@H](C(C)CCCC(C)C)[C@@]4(C)CC[C@@H]32)C1.NC(Cc1ccccc1)C(=O)O. The summed E-state index contributed by atoms with van der Waals surface area (Å²) in [6, 6.07) is 8.54. The Morgan fingerprint density at radius 3 is 2.43 bits per heavy atom. The highest BCUT2D eigenvalue weighted by atomic mass is 16.5. The van der Waals surface area contributed by atoms with Crippen LogP contribution in [-0.2, 0) is 20.7 Å². The third kappa shape index (κ3) is 7.69. The standard InChI is InChI=1S/C30H48O2.C9H11NO2/c1-7-28(31)32-23-15-17-29(5)22(19-23)11-12-24-26-14-13-25(21(4)10-8-9-20(2)3)30(26,6)18-16-27(24)29;10-8(9(11)12)6-7-4-2-1-3-5-7/h7,11,20-21,23-27H,1,8-10,12-19H2,2-6H3;1-5,8H,6,10H2,(H,11,12)/t21?,23-,24-,25+,26-,27-,29-,30+;/m0./s1. The number of rotatable bonds is 10. The van der Waals surface area contributed by atoms with E-state index in [-0.39, 0.29) is 12.1 Å². The van der Waals surface area contributed by atoms with Crippen molar-refractivity contribution in [2.45, 2.75) is 124 Å². The lowest BCUT2D eigenvalue weighted by Gasteiger charge is -2.58. The van der Waals surface area contributed by atoms with Gasteiger partial charge >= 0.3 is 11.9 Å². The molecule has 5 nitrogen and oxygen atoms in total. The lowest BCUT2D eigenvalue weighted by Crippen LogP contribution is -2.51. The van der Waals surface area contributed by atoms with Gasteiger partial charge in [0.2, 0.25) is 0 Å². The molecule has 0 bridgehead atoms. The van der Waals surface area contributed by atoms with Crippen LogP contribution < -0.4 is 5.73 Å². The van der Waals surface area contributed by atoms with Gasteiger partial charge in [-0.25, -0.2) is 4.79 Å². The van der Waals surface area contributed by atoms with Crippen molar-refractivity contribution < 1.29 is 19.4 Å². The Bertz CT molecular complexity index is 1160. The summed E-state index contributed by atoms with van der Waals surface area (Å²) in [7, 11) is 0. The molecule has 0 amide bonds. The lowest BCUT2D eigenvalue weighted by atomic mass is 9.47. The van der Waals surface area contributed by atoms with Crippen molar-refractivity contribution in [2.24, 2.45) is 52.1 Å². The minimum atomic E-state index is -0.959. The van der Waals surface area contributed by atoms with E-state index in [9.17, 15) is 9.59 Å².